The van der Waals surface area contributed by atoms with Crippen molar-refractivity contribution in [2.45, 2.75) is 18.1 Å². The summed E-state index contributed by atoms with van der Waals surface area (Å²) in [5.41, 5.74) is 1.83. The number of hydrogen-bond donors (Lipinski definition) is 0. The van der Waals surface area contributed by atoms with E-state index in [1.807, 2.05) is 24.3 Å². The van der Waals surface area contributed by atoms with Crippen LogP contribution in [-0.2, 0) is 13.0 Å². The number of hydrogen-bond acceptors (Lipinski definition) is 5. The highest BCUT2D eigenvalue weighted by Crippen LogP contribution is 2.20. The zero-order valence-corrected chi connectivity index (χ0v) is 15.7. The van der Waals surface area contributed by atoms with Gasteiger partial charge in [0, 0.05) is 18.7 Å². The van der Waals surface area contributed by atoms with Crippen molar-refractivity contribution in [3.8, 4) is 11.8 Å². The summed E-state index contributed by atoms with van der Waals surface area (Å²) in [7, 11) is 0. The zero-order valence-electron chi connectivity index (χ0n) is 14.9. The Bertz CT molecular complexity index is 914. The molecule has 1 heterocycles. The molecule has 136 valence electrons. The van der Waals surface area contributed by atoms with Crippen LogP contribution in [0.4, 0.5) is 0 Å². The first-order valence-electron chi connectivity index (χ1n) is 8.63. The average molecular weight is 376 g/mol. The summed E-state index contributed by atoms with van der Waals surface area (Å²) in [6, 6.07) is 19.4. The summed E-state index contributed by atoms with van der Waals surface area (Å²) in [4.78, 5) is 0. The summed E-state index contributed by atoms with van der Waals surface area (Å²) in [6.07, 6.45) is 2.60. The van der Waals surface area contributed by atoms with Gasteiger partial charge in [0.15, 0.2) is 5.16 Å². The van der Waals surface area contributed by atoms with Gasteiger partial charge >= 0.3 is 0 Å². The molecule has 0 spiro atoms. The molecule has 0 saturated carbocycles. The van der Waals surface area contributed by atoms with Gasteiger partial charge in [-0.25, -0.2) is 0 Å². The minimum absolute atomic E-state index is 0.547. The van der Waals surface area contributed by atoms with Gasteiger partial charge in [0.25, 0.3) is 0 Å². The Labute approximate surface area is 163 Å². The molecule has 3 rings (SSSR count). The van der Waals surface area contributed by atoms with E-state index in [9.17, 15) is 0 Å². The maximum atomic E-state index is 8.82. The Hall–Kier alpha value is -3.04. The zero-order chi connectivity index (χ0) is 18.9. The van der Waals surface area contributed by atoms with E-state index in [2.05, 4.69) is 39.5 Å². The van der Waals surface area contributed by atoms with Gasteiger partial charge in [0.05, 0.1) is 18.2 Å². The van der Waals surface area contributed by atoms with Crippen LogP contribution in [-0.4, -0.2) is 27.1 Å². The quantitative estimate of drug-likeness (QED) is 0.320. The fraction of sp³-hybridized carbons (Fsp3) is 0.190. The maximum absolute atomic E-state index is 8.82. The van der Waals surface area contributed by atoms with E-state index in [1.165, 1.54) is 5.56 Å². The van der Waals surface area contributed by atoms with Crippen LogP contribution in [0.5, 0.6) is 5.75 Å². The Morgan fingerprint density at radius 1 is 1.11 bits per heavy atom. The molecule has 0 aliphatic carbocycles. The fourth-order valence-corrected chi connectivity index (χ4v) is 3.35. The molecule has 0 radical (unpaired) electrons. The molecule has 27 heavy (non-hydrogen) atoms. The molecule has 0 saturated heterocycles. The van der Waals surface area contributed by atoms with Crippen molar-refractivity contribution in [2.24, 2.45) is 0 Å². The number of thioether (sulfide) groups is 1. The third-order valence-electron chi connectivity index (χ3n) is 3.88. The maximum Gasteiger partial charge on any atom is 0.191 e. The van der Waals surface area contributed by atoms with Crippen molar-refractivity contribution in [3.05, 3.63) is 84.2 Å². The molecule has 0 unspecified atom stereocenters. The Morgan fingerprint density at radius 3 is 2.59 bits per heavy atom. The predicted molar refractivity (Wildman–Crippen MR) is 107 cm³/mol. The van der Waals surface area contributed by atoms with E-state index in [4.69, 9.17) is 10.00 Å². The lowest BCUT2D eigenvalue weighted by Gasteiger charge is -2.08. The number of aromatic nitrogens is 3. The van der Waals surface area contributed by atoms with Crippen molar-refractivity contribution in [1.29, 1.82) is 5.26 Å². The number of benzene rings is 2. The van der Waals surface area contributed by atoms with E-state index in [-0.39, 0.29) is 0 Å². The summed E-state index contributed by atoms with van der Waals surface area (Å²) < 4.78 is 7.81. The lowest BCUT2D eigenvalue weighted by Crippen LogP contribution is -2.06. The third-order valence-corrected chi connectivity index (χ3v) is 4.81. The summed E-state index contributed by atoms with van der Waals surface area (Å²) in [5, 5.41) is 18.4. The second kappa shape index (κ2) is 9.60. The number of allylic oxidation sites excluding steroid dienone is 1. The minimum Gasteiger partial charge on any atom is -0.493 e. The summed E-state index contributed by atoms with van der Waals surface area (Å²) >= 11 is 1.61. The fourth-order valence-electron chi connectivity index (χ4n) is 2.57. The first kappa shape index (κ1) is 18.7. The van der Waals surface area contributed by atoms with Crippen LogP contribution < -0.4 is 4.74 Å². The van der Waals surface area contributed by atoms with Crippen LogP contribution in [0.2, 0.25) is 0 Å². The number of nitrogens with zero attached hydrogens (tertiary/aromatic N) is 4. The molecule has 0 amide bonds. The first-order valence-corrected chi connectivity index (χ1v) is 9.61. The number of ether oxygens (including phenoxy) is 1. The van der Waals surface area contributed by atoms with E-state index in [1.54, 1.807) is 36.0 Å². The van der Waals surface area contributed by atoms with Gasteiger partial charge < -0.3 is 9.30 Å². The monoisotopic (exact) mass is 376 g/mol. The normalized spacial score (nSPS) is 10.3. The SMILES string of the molecule is C=CCn1c(Cc2ccccc2)nnc1SCCOc1ccc(C#N)cc1. The van der Waals surface area contributed by atoms with Crippen molar-refractivity contribution in [3.63, 3.8) is 0 Å². The Balaban J connectivity index is 1.57. The Kier molecular flexibility index (Phi) is 6.66. The molecule has 0 fully saturated rings. The smallest absolute Gasteiger partial charge is 0.191 e. The van der Waals surface area contributed by atoms with Gasteiger partial charge in [0.1, 0.15) is 11.6 Å². The van der Waals surface area contributed by atoms with Gasteiger partial charge in [-0.15, -0.1) is 16.8 Å². The van der Waals surface area contributed by atoms with Gasteiger partial charge in [-0.1, -0.05) is 48.2 Å². The van der Waals surface area contributed by atoms with Crippen molar-refractivity contribution in [1.82, 2.24) is 14.8 Å². The number of rotatable bonds is 9. The van der Waals surface area contributed by atoms with Gasteiger partial charge in [0.2, 0.25) is 0 Å². The molecule has 0 atom stereocenters. The lowest BCUT2D eigenvalue weighted by atomic mass is 10.1. The van der Waals surface area contributed by atoms with Crippen LogP contribution in [0.3, 0.4) is 0 Å². The first-order chi connectivity index (χ1) is 13.3. The van der Waals surface area contributed by atoms with Crippen LogP contribution in [0.1, 0.15) is 17.0 Å². The highest BCUT2D eigenvalue weighted by atomic mass is 32.2. The topological polar surface area (TPSA) is 63.7 Å². The van der Waals surface area contributed by atoms with Crippen molar-refractivity contribution >= 4 is 11.8 Å². The molecule has 3 aromatic rings. The second-order valence-electron chi connectivity index (χ2n) is 5.79. The molecule has 0 aliphatic rings. The molecule has 0 bridgehead atoms. The molecule has 6 heteroatoms. The third kappa shape index (κ3) is 5.22. The summed E-state index contributed by atoms with van der Waals surface area (Å²) in [5.74, 6) is 2.43. The molecular weight excluding hydrogens is 356 g/mol. The van der Waals surface area contributed by atoms with Crippen molar-refractivity contribution < 1.29 is 4.74 Å². The number of nitriles is 1. The van der Waals surface area contributed by atoms with E-state index < -0.39 is 0 Å². The Morgan fingerprint density at radius 2 is 1.89 bits per heavy atom. The molecule has 1 aromatic heterocycles. The van der Waals surface area contributed by atoms with Crippen LogP contribution in [0, 0.1) is 11.3 Å². The molecule has 0 aliphatic heterocycles. The lowest BCUT2D eigenvalue weighted by molar-refractivity contribution is 0.344. The van der Waals surface area contributed by atoms with Crippen LogP contribution in [0.15, 0.2) is 72.4 Å². The molecule has 5 nitrogen and oxygen atoms in total. The largest absolute Gasteiger partial charge is 0.493 e. The molecule has 0 N–H and O–H groups in total. The van der Waals surface area contributed by atoms with Gasteiger partial charge in [-0.05, 0) is 29.8 Å². The van der Waals surface area contributed by atoms with Gasteiger partial charge in [-0.3, -0.25) is 0 Å². The van der Waals surface area contributed by atoms with Crippen LogP contribution in [0.25, 0.3) is 0 Å². The molecular formula is C21H20N4OS. The average Bonchev–Trinajstić information content (AvgIpc) is 3.08. The predicted octanol–water partition coefficient (Wildman–Crippen LogP) is 4.10. The van der Waals surface area contributed by atoms with E-state index in [0.717, 1.165) is 28.9 Å². The van der Waals surface area contributed by atoms with Crippen molar-refractivity contribution in [2.75, 3.05) is 12.4 Å². The highest BCUT2D eigenvalue weighted by molar-refractivity contribution is 7.99. The standard InChI is InChI=1S/C21H20N4OS/c1-2-12-25-20(15-17-6-4-3-5-7-17)23-24-21(25)27-14-13-26-19-10-8-18(16-22)9-11-19/h2-11H,1,12-15H2. The van der Waals surface area contributed by atoms with E-state index in [0.29, 0.717) is 18.7 Å². The van der Waals surface area contributed by atoms with Gasteiger partial charge in [-0.2, -0.15) is 5.26 Å². The second-order valence-corrected chi connectivity index (χ2v) is 6.86. The highest BCUT2D eigenvalue weighted by Gasteiger charge is 2.12. The van der Waals surface area contributed by atoms with E-state index >= 15 is 0 Å². The van der Waals surface area contributed by atoms with Crippen LogP contribution >= 0.6 is 11.8 Å². The minimum atomic E-state index is 0.547. The summed E-state index contributed by atoms with van der Waals surface area (Å²) in [6.45, 7) is 5.06. The molecule has 2 aromatic carbocycles.